The first-order chi connectivity index (χ1) is 13.0. The van der Waals surface area contributed by atoms with Crippen molar-refractivity contribution in [2.45, 2.75) is 49.7 Å². The van der Waals surface area contributed by atoms with Crippen LogP contribution in [0.1, 0.15) is 47.9 Å². The number of hydrogen-bond acceptors (Lipinski definition) is 4. The van der Waals surface area contributed by atoms with Crippen LogP contribution in [0.2, 0.25) is 0 Å². The molecule has 0 bridgehead atoms. The van der Waals surface area contributed by atoms with Crippen LogP contribution < -0.4 is 11.2 Å². The molecule has 0 spiro atoms. The number of nitrogens with two attached hydrogens (primary N) is 1. The summed E-state index contributed by atoms with van der Waals surface area (Å²) in [6, 6.07) is 13.6. The Morgan fingerprint density at radius 1 is 1.30 bits per heavy atom. The van der Waals surface area contributed by atoms with Gasteiger partial charge in [-0.05, 0) is 60.9 Å². The van der Waals surface area contributed by atoms with E-state index in [1.807, 2.05) is 18.8 Å². The first-order valence-corrected chi connectivity index (χ1v) is 10.4. The van der Waals surface area contributed by atoms with E-state index in [0.717, 1.165) is 23.1 Å². The Morgan fingerprint density at radius 3 is 2.56 bits per heavy atom. The summed E-state index contributed by atoms with van der Waals surface area (Å²) >= 11 is 1.99. The third-order valence-corrected chi connectivity index (χ3v) is 5.76. The Balaban J connectivity index is 0.000000465. The zero-order valence-corrected chi connectivity index (χ0v) is 17.6. The number of amides is 1. The number of hydrogen-bond donors (Lipinski definition) is 2. The van der Waals surface area contributed by atoms with E-state index in [-0.39, 0.29) is 0 Å². The zero-order valence-electron chi connectivity index (χ0n) is 16.8. The normalized spacial score (nSPS) is 12.8. The molecule has 0 radical (unpaired) electrons. The molecule has 0 atom stereocenters. The van der Waals surface area contributed by atoms with Gasteiger partial charge in [-0.3, -0.25) is 9.80 Å². The molecule has 27 heavy (non-hydrogen) atoms. The molecule has 1 aliphatic rings. The van der Waals surface area contributed by atoms with Crippen molar-refractivity contribution in [3.05, 3.63) is 58.7 Å². The molecule has 1 saturated carbocycles. The Hall–Kier alpha value is -1.98. The van der Waals surface area contributed by atoms with Gasteiger partial charge in [-0.25, -0.2) is 5.84 Å². The lowest BCUT2D eigenvalue weighted by Gasteiger charge is -2.15. The molecule has 0 unspecified atom stereocenters. The van der Waals surface area contributed by atoms with E-state index in [1.54, 1.807) is 5.56 Å². The lowest BCUT2D eigenvalue weighted by atomic mass is 10.0. The van der Waals surface area contributed by atoms with Gasteiger partial charge in [-0.1, -0.05) is 36.8 Å². The fraction of sp³-hybridized carbons (Fsp3) is 0.409. The summed E-state index contributed by atoms with van der Waals surface area (Å²) in [6.07, 6.45) is 4.34. The molecular formula is C22H31N3OS. The third-order valence-electron chi connectivity index (χ3n) is 4.64. The predicted octanol–water partition coefficient (Wildman–Crippen LogP) is 4.72. The summed E-state index contributed by atoms with van der Waals surface area (Å²) in [5, 5.41) is 4.33. The van der Waals surface area contributed by atoms with E-state index >= 15 is 0 Å². The minimum atomic E-state index is 0.528. The molecule has 0 heterocycles. The standard InChI is InChI=1S/C20H25NS.C2H6N2O/c1-4-15-9-8-14(2)12-20(15)22-13-18-17(16-10-11-16)6-5-7-19(18)21-3;1-4(3)2-5/h5-9,12,16,21H,4,10-11,13H2,1-3H3;2H,3H2,1H3. The Bertz CT molecular complexity index is 757. The minimum Gasteiger partial charge on any atom is -0.388 e. The Kier molecular flexibility index (Phi) is 8.20. The van der Waals surface area contributed by atoms with Crippen LogP contribution >= 0.6 is 11.8 Å². The van der Waals surface area contributed by atoms with Crippen molar-refractivity contribution in [1.29, 1.82) is 0 Å². The summed E-state index contributed by atoms with van der Waals surface area (Å²) < 4.78 is 0. The third kappa shape index (κ3) is 6.29. The van der Waals surface area contributed by atoms with Crippen molar-refractivity contribution in [2.24, 2.45) is 5.84 Å². The van der Waals surface area contributed by atoms with E-state index in [1.165, 1.54) is 47.2 Å². The Morgan fingerprint density at radius 2 is 2.00 bits per heavy atom. The topological polar surface area (TPSA) is 58.4 Å². The highest BCUT2D eigenvalue weighted by Gasteiger charge is 2.26. The number of nitrogens with one attached hydrogen (secondary N) is 1. The van der Waals surface area contributed by atoms with Crippen LogP contribution in [0, 0.1) is 6.92 Å². The highest BCUT2D eigenvalue weighted by molar-refractivity contribution is 7.98. The highest BCUT2D eigenvalue weighted by atomic mass is 32.2. The molecule has 5 heteroatoms. The molecule has 0 aliphatic heterocycles. The van der Waals surface area contributed by atoms with Crippen LogP contribution in [-0.4, -0.2) is 25.5 Å². The van der Waals surface area contributed by atoms with Crippen molar-refractivity contribution in [3.8, 4) is 0 Å². The van der Waals surface area contributed by atoms with Crippen LogP contribution in [0.25, 0.3) is 0 Å². The minimum absolute atomic E-state index is 0.528. The average Bonchev–Trinajstić information content (AvgIpc) is 3.51. The van der Waals surface area contributed by atoms with Crippen molar-refractivity contribution in [3.63, 3.8) is 0 Å². The summed E-state index contributed by atoms with van der Waals surface area (Å²) in [6.45, 7) is 4.42. The van der Waals surface area contributed by atoms with Gasteiger partial charge in [0.15, 0.2) is 0 Å². The second-order valence-electron chi connectivity index (χ2n) is 6.92. The lowest BCUT2D eigenvalue weighted by molar-refractivity contribution is -0.117. The number of hydrazine groups is 1. The molecular weight excluding hydrogens is 354 g/mol. The number of rotatable bonds is 7. The van der Waals surface area contributed by atoms with Crippen LogP contribution in [0.3, 0.4) is 0 Å². The quantitative estimate of drug-likeness (QED) is 0.238. The van der Waals surface area contributed by atoms with Crippen molar-refractivity contribution < 1.29 is 4.79 Å². The maximum atomic E-state index is 9.31. The first-order valence-electron chi connectivity index (χ1n) is 9.44. The summed E-state index contributed by atoms with van der Waals surface area (Å²) in [4.78, 5) is 10.7. The smallest absolute Gasteiger partial charge is 0.223 e. The number of thioether (sulfide) groups is 1. The molecule has 0 aromatic heterocycles. The molecule has 4 nitrogen and oxygen atoms in total. The van der Waals surface area contributed by atoms with E-state index in [2.05, 4.69) is 55.6 Å². The summed E-state index contributed by atoms with van der Waals surface area (Å²) in [5.41, 5.74) is 7.17. The lowest BCUT2D eigenvalue weighted by Crippen LogP contribution is -2.23. The summed E-state index contributed by atoms with van der Waals surface area (Å²) in [5.74, 6) is 6.61. The molecule has 1 aliphatic carbocycles. The summed E-state index contributed by atoms with van der Waals surface area (Å²) in [7, 11) is 3.50. The predicted molar refractivity (Wildman–Crippen MR) is 116 cm³/mol. The maximum absolute atomic E-state index is 9.31. The van der Waals surface area contributed by atoms with E-state index in [9.17, 15) is 4.79 Å². The van der Waals surface area contributed by atoms with Gasteiger partial charge in [0.25, 0.3) is 0 Å². The van der Waals surface area contributed by atoms with Gasteiger partial charge >= 0.3 is 0 Å². The van der Waals surface area contributed by atoms with Gasteiger partial charge in [0.05, 0.1) is 0 Å². The monoisotopic (exact) mass is 385 g/mol. The first kappa shape index (κ1) is 21.3. The van der Waals surface area contributed by atoms with Crippen LogP contribution in [0.4, 0.5) is 5.69 Å². The average molecular weight is 386 g/mol. The fourth-order valence-corrected chi connectivity index (χ4v) is 4.30. The number of aryl methyl sites for hydroxylation is 2. The van der Waals surface area contributed by atoms with Gasteiger partial charge in [0.1, 0.15) is 0 Å². The number of benzene rings is 2. The molecule has 3 rings (SSSR count). The number of carbonyl (C=O) groups excluding carboxylic acids is 1. The highest BCUT2D eigenvalue weighted by Crippen LogP contribution is 2.44. The van der Waals surface area contributed by atoms with Crippen molar-refractivity contribution in [2.75, 3.05) is 19.4 Å². The van der Waals surface area contributed by atoms with E-state index < -0.39 is 0 Å². The number of carbonyl (C=O) groups is 1. The van der Waals surface area contributed by atoms with Gasteiger partial charge < -0.3 is 5.32 Å². The molecule has 1 amide bonds. The molecule has 146 valence electrons. The van der Waals surface area contributed by atoms with E-state index in [4.69, 9.17) is 5.84 Å². The van der Waals surface area contributed by atoms with Crippen LogP contribution in [0.5, 0.6) is 0 Å². The van der Waals surface area contributed by atoms with Crippen LogP contribution in [0.15, 0.2) is 41.3 Å². The second-order valence-corrected chi connectivity index (χ2v) is 7.94. The largest absolute Gasteiger partial charge is 0.388 e. The van der Waals surface area contributed by atoms with Gasteiger partial charge in [-0.15, -0.1) is 11.8 Å². The molecule has 0 saturated heterocycles. The van der Waals surface area contributed by atoms with E-state index in [0.29, 0.717) is 6.41 Å². The zero-order chi connectivity index (χ0) is 19.8. The van der Waals surface area contributed by atoms with Gasteiger partial charge in [-0.2, -0.15) is 0 Å². The number of nitrogens with zero attached hydrogens (tertiary/aromatic N) is 1. The van der Waals surface area contributed by atoms with Gasteiger partial charge in [0.2, 0.25) is 6.41 Å². The fourth-order valence-electron chi connectivity index (χ4n) is 3.01. The SMILES string of the molecule is CCc1ccc(C)cc1SCc1c(NC)cccc1C1CC1.CN(N)C=O. The molecule has 2 aromatic carbocycles. The Labute approximate surface area is 167 Å². The molecule has 2 aromatic rings. The van der Waals surface area contributed by atoms with Crippen molar-refractivity contribution in [1.82, 2.24) is 5.01 Å². The molecule has 1 fully saturated rings. The second kappa shape index (κ2) is 10.4. The van der Waals surface area contributed by atoms with Crippen LogP contribution in [-0.2, 0) is 17.0 Å². The molecule has 3 N–H and O–H groups in total. The number of anilines is 1. The van der Waals surface area contributed by atoms with Gasteiger partial charge in [0, 0.05) is 30.4 Å². The van der Waals surface area contributed by atoms with Crippen molar-refractivity contribution >= 4 is 23.9 Å². The maximum Gasteiger partial charge on any atom is 0.223 e.